The van der Waals surface area contributed by atoms with Crippen LogP contribution in [0.1, 0.15) is 34.0 Å². The number of amides is 1. The highest BCUT2D eigenvalue weighted by atomic mass is 32.2. The van der Waals surface area contributed by atoms with E-state index in [0.717, 1.165) is 23.3 Å². The molecule has 7 heteroatoms. The maximum atomic E-state index is 12.4. The van der Waals surface area contributed by atoms with Crippen LogP contribution in [-0.2, 0) is 23.0 Å². The summed E-state index contributed by atoms with van der Waals surface area (Å²) in [4.78, 5) is 12.4. The summed E-state index contributed by atoms with van der Waals surface area (Å²) in [6.07, 6.45) is 2.15. The normalized spacial score (nSPS) is 11.1. The fraction of sp³-hybridized carbons (Fsp3) is 0.269. The number of rotatable bonds is 10. The summed E-state index contributed by atoms with van der Waals surface area (Å²) >= 11 is 0. The van der Waals surface area contributed by atoms with E-state index in [9.17, 15) is 13.2 Å². The van der Waals surface area contributed by atoms with Crippen LogP contribution in [0.4, 0.5) is 5.69 Å². The van der Waals surface area contributed by atoms with Gasteiger partial charge in [0.1, 0.15) is 12.4 Å². The van der Waals surface area contributed by atoms with Gasteiger partial charge in [-0.3, -0.25) is 9.10 Å². The summed E-state index contributed by atoms with van der Waals surface area (Å²) in [6, 6.07) is 22.2. The van der Waals surface area contributed by atoms with E-state index < -0.39 is 10.0 Å². The molecule has 0 heterocycles. The van der Waals surface area contributed by atoms with Crippen molar-refractivity contribution in [1.82, 2.24) is 5.32 Å². The third-order valence-electron chi connectivity index (χ3n) is 5.25. The van der Waals surface area contributed by atoms with Crippen LogP contribution in [0.5, 0.6) is 5.75 Å². The number of carbonyl (C=O) groups is 1. The quantitative estimate of drug-likeness (QED) is 0.451. The molecule has 0 aromatic heterocycles. The zero-order valence-corrected chi connectivity index (χ0v) is 20.1. The second kappa shape index (κ2) is 11.0. The molecule has 0 saturated heterocycles. The Morgan fingerprint density at radius 3 is 2.09 bits per heavy atom. The van der Waals surface area contributed by atoms with Crippen molar-refractivity contribution in [2.45, 2.75) is 26.8 Å². The Morgan fingerprint density at radius 1 is 0.909 bits per heavy atom. The van der Waals surface area contributed by atoms with Gasteiger partial charge in [-0.05, 0) is 60.9 Å². The molecular weight excluding hydrogens is 436 g/mol. The average Bonchev–Trinajstić information content (AvgIpc) is 2.81. The molecule has 0 bridgehead atoms. The van der Waals surface area contributed by atoms with Crippen molar-refractivity contribution < 1.29 is 17.9 Å². The van der Waals surface area contributed by atoms with Crippen molar-refractivity contribution in [3.63, 3.8) is 0 Å². The first-order valence-electron chi connectivity index (χ1n) is 10.9. The largest absolute Gasteiger partial charge is 0.492 e. The molecule has 0 fully saturated rings. The Hall–Kier alpha value is -3.32. The summed E-state index contributed by atoms with van der Waals surface area (Å²) in [6.45, 7) is 5.02. The van der Waals surface area contributed by atoms with Crippen molar-refractivity contribution in [2.75, 3.05) is 23.7 Å². The first-order valence-corrected chi connectivity index (χ1v) is 12.7. The van der Waals surface area contributed by atoms with Gasteiger partial charge in [-0.2, -0.15) is 0 Å². The van der Waals surface area contributed by atoms with Crippen LogP contribution < -0.4 is 14.4 Å². The van der Waals surface area contributed by atoms with Gasteiger partial charge in [0.15, 0.2) is 0 Å². The highest BCUT2D eigenvalue weighted by Crippen LogP contribution is 2.21. The zero-order valence-electron chi connectivity index (χ0n) is 19.2. The minimum atomic E-state index is -3.49. The van der Waals surface area contributed by atoms with E-state index in [0.29, 0.717) is 24.4 Å². The third-order valence-corrected chi connectivity index (χ3v) is 6.39. The van der Waals surface area contributed by atoms with Crippen LogP contribution in [-0.4, -0.2) is 33.7 Å². The molecule has 6 nitrogen and oxygen atoms in total. The van der Waals surface area contributed by atoms with Gasteiger partial charge in [0.05, 0.1) is 25.0 Å². The van der Waals surface area contributed by atoms with Crippen LogP contribution in [0.3, 0.4) is 0 Å². The van der Waals surface area contributed by atoms with Gasteiger partial charge >= 0.3 is 0 Å². The third kappa shape index (κ3) is 7.08. The summed E-state index contributed by atoms with van der Waals surface area (Å²) in [5.74, 6) is 0.524. The number of aryl methyl sites for hydroxylation is 2. The van der Waals surface area contributed by atoms with Crippen molar-refractivity contribution in [3.8, 4) is 5.75 Å². The van der Waals surface area contributed by atoms with E-state index in [-0.39, 0.29) is 12.5 Å². The van der Waals surface area contributed by atoms with Crippen molar-refractivity contribution >= 4 is 21.6 Å². The molecular formula is C26H30N2O4S. The maximum Gasteiger partial charge on any atom is 0.251 e. The monoisotopic (exact) mass is 466 g/mol. The van der Waals surface area contributed by atoms with Crippen molar-refractivity contribution in [1.29, 1.82) is 0 Å². The smallest absolute Gasteiger partial charge is 0.251 e. The molecule has 0 unspecified atom stereocenters. The SMILES string of the molecule is CCc1ccc(OCCNC(=O)c2ccc(N(Cc3ccc(C)cc3)S(C)(=O)=O)cc2)cc1. The van der Waals surface area contributed by atoms with E-state index in [1.807, 2.05) is 55.5 Å². The van der Waals surface area contributed by atoms with Gasteiger partial charge in [0, 0.05) is 5.56 Å². The Balaban J connectivity index is 1.57. The highest BCUT2D eigenvalue weighted by Gasteiger charge is 2.18. The predicted molar refractivity (Wildman–Crippen MR) is 132 cm³/mol. The predicted octanol–water partition coefficient (Wildman–Crippen LogP) is 4.33. The minimum Gasteiger partial charge on any atom is -0.492 e. The van der Waals surface area contributed by atoms with E-state index in [2.05, 4.69) is 12.2 Å². The standard InChI is InChI=1S/C26H30N2O4S/c1-4-21-9-15-25(16-10-21)32-18-17-27-26(29)23-11-13-24(14-12-23)28(33(3,30)31)19-22-7-5-20(2)6-8-22/h5-16H,4,17-19H2,1-3H3,(H,27,29). The summed E-state index contributed by atoms with van der Waals surface area (Å²) in [5, 5.41) is 2.82. The Bertz CT molecular complexity index is 1160. The van der Waals surface area contributed by atoms with E-state index >= 15 is 0 Å². The lowest BCUT2D eigenvalue weighted by Gasteiger charge is -2.23. The van der Waals surface area contributed by atoms with Gasteiger partial charge in [0.25, 0.3) is 5.91 Å². The number of anilines is 1. The lowest BCUT2D eigenvalue weighted by atomic mass is 10.1. The van der Waals surface area contributed by atoms with Crippen LogP contribution >= 0.6 is 0 Å². The summed E-state index contributed by atoms with van der Waals surface area (Å²) in [5.41, 5.74) is 4.20. The van der Waals surface area contributed by atoms with Crippen LogP contribution in [0.2, 0.25) is 0 Å². The summed E-state index contributed by atoms with van der Waals surface area (Å²) in [7, 11) is -3.49. The van der Waals surface area contributed by atoms with Crippen LogP contribution in [0, 0.1) is 6.92 Å². The molecule has 3 rings (SSSR count). The van der Waals surface area contributed by atoms with Crippen molar-refractivity contribution in [3.05, 3.63) is 95.1 Å². The molecule has 1 N–H and O–H groups in total. The number of carbonyl (C=O) groups excluding carboxylic acids is 1. The Kier molecular flexibility index (Phi) is 8.11. The van der Waals surface area contributed by atoms with Crippen molar-refractivity contribution in [2.24, 2.45) is 0 Å². The molecule has 3 aromatic carbocycles. The fourth-order valence-electron chi connectivity index (χ4n) is 3.30. The second-order valence-corrected chi connectivity index (χ2v) is 9.81. The molecule has 1 amide bonds. The lowest BCUT2D eigenvalue weighted by Crippen LogP contribution is -2.30. The molecule has 0 radical (unpaired) electrons. The van der Waals surface area contributed by atoms with Gasteiger partial charge in [-0.15, -0.1) is 0 Å². The minimum absolute atomic E-state index is 0.223. The molecule has 0 spiro atoms. The molecule has 0 aliphatic heterocycles. The summed E-state index contributed by atoms with van der Waals surface area (Å²) < 4.78 is 31.7. The van der Waals surface area contributed by atoms with Gasteiger partial charge < -0.3 is 10.1 Å². The van der Waals surface area contributed by atoms with Gasteiger partial charge in [-0.25, -0.2) is 8.42 Å². The average molecular weight is 467 g/mol. The fourth-order valence-corrected chi connectivity index (χ4v) is 4.18. The Labute approximate surface area is 196 Å². The molecule has 0 aliphatic carbocycles. The first kappa shape index (κ1) is 24.3. The highest BCUT2D eigenvalue weighted by molar-refractivity contribution is 7.92. The molecule has 0 saturated carbocycles. The number of benzene rings is 3. The molecule has 0 aliphatic rings. The first-order chi connectivity index (χ1) is 15.8. The van der Waals surface area contributed by atoms with Crippen LogP contribution in [0.15, 0.2) is 72.8 Å². The maximum absolute atomic E-state index is 12.4. The van der Waals surface area contributed by atoms with Gasteiger partial charge in [-0.1, -0.05) is 48.9 Å². The number of hydrogen-bond donors (Lipinski definition) is 1. The molecule has 33 heavy (non-hydrogen) atoms. The number of sulfonamides is 1. The lowest BCUT2D eigenvalue weighted by molar-refractivity contribution is 0.0947. The Morgan fingerprint density at radius 2 is 1.52 bits per heavy atom. The van der Waals surface area contributed by atoms with E-state index in [1.54, 1.807) is 24.3 Å². The number of ether oxygens (including phenoxy) is 1. The molecule has 0 atom stereocenters. The van der Waals surface area contributed by atoms with E-state index in [4.69, 9.17) is 4.74 Å². The van der Waals surface area contributed by atoms with E-state index in [1.165, 1.54) is 16.1 Å². The number of hydrogen-bond acceptors (Lipinski definition) is 4. The topological polar surface area (TPSA) is 75.7 Å². The molecule has 174 valence electrons. The van der Waals surface area contributed by atoms with Gasteiger partial charge in [0.2, 0.25) is 10.0 Å². The number of nitrogens with zero attached hydrogens (tertiary/aromatic N) is 1. The van der Waals surface area contributed by atoms with Crippen LogP contribution in [0.25, 0.3) is 0 Å². The zero-order chi connectivity index (χ0) is 23.8. The number of nitrogens with one attached hydrogen (secondary N) is 1. The molecule has 3 aromatic rings. The second-order valence-electron chi connectivity index (χ2n) is 7.90.